The maximum atomic E-state index is 4.85. The van der Waals surface area contributed by atoms with Crippen molar-refractivity contribution in [3.05, 3.63) is 30.0 Å². The molecule has 0 N–H and O–H groups in total. The number of rotatable bonds is 1. The molecule has 0 aliphatic heterocycles. The lowest BCUT2D eigenvalue weighted by Crippen LogP contribution is -1.85. The monoisotopic (exact) mass is 161 g/mol. The number of aromatic nitrogens is 1. The molecule has 0 radical (unpaired) electrons. The number of nitrogens with zero attached hydrogens (tertiary/aromatic N) is 1. The molecule has 0 fully saturated rings. The molecule has 2 nitrogen and oxygen atoms in total. The van der Waals surface area contributed by atoms with Crippen LogP contribution in [0.4, 0.5) is 0 Å². The zero-order valence-electron chi connectivity index (χ0n) is 7.24. The lowest BCUT2D eigenvalue weighted by molar-refractivity contribution is 0.428. The molecule has 2 aromatic rings. The second-order valence-corrected chi connectivity index (χ2v) is 3.29. The van der Waals surface area contributed by atoms with Gasteiger partial charge < -0.3 is 4.52 Å². The molecule has 2 heteroatoms. The first-order chi connectivity index (χ1) is 5.77. The van der Waals surface area contributed by atoms with Gasteiger partial charge in [-0.2, -0.15) is 0 Å². The molecule has 1 aromatic carbocycles. The van der Waals surface area contributed by atoms with E-state index in [9.17, 15) is 0 Å². The van der Waals surface area contributed by atoms with Gasteiger partial charge in [-0.25, -0.2) is 0 Å². The van der Waals surface area contributed by atoms with Gasteiger partial charge in [0.1, 0.15) is 11.8 Å². The van der Waals surface area contributed by atoms with E-state index in [2.05, 4.69) is 31.1 Å². The Kier molecular flexibility index (Phi) is 1.61. The minimum absolute atomic E-state index is 0.560. The fraction of sp³-hybridized carbons (Fsp3) is 0.300. The number of benzene rings is 1. The highest BCUT2D eigenvalue weighted by Crippen LogP contribution is 2.19. The first kappa shape index (κ1) is 7.35. The molecular weight excluding hydrogens is 150 g/mol. The Morgan fingerprint density at radius 1 is 1.33 bits per heavy atom. The second kappa shape index (κ2) is 2.63. The summed E-state index contributed by atoms with van der Waals surface area (Å²) in [6.45, 7) is 4.35. The molecular formula is C10H11NO. The van der Waals surface area contributed by atoms with Gasteiger partial charge in [0.2, 0.25) is 0 Å². The SMILES string of the molecule is CC(C)c1ccc2nocc2c1. The molecule has 12 heavy (non-hydrogen) atoms. The number of hydrogen-bond donors (Lipinski definition) is 0. The Morgan fingerprint density at radius 2 is 2.17 bits per heavy atom. The zero-order valence-corrected chi connectivity index (χ0v) is 7.24. The van der Waals surface area contributed by atoms with Crippen molar-refractivity contribution in [2.24, 2.45) is 0 Å². The standard InChI is InChI=1S/C10H11NO/c1-7(2)8-3-4-10-9(5-8)6-12-11-10/h3-7H,1-2H3. The predicted octanol–water partition coefficient (Wildman–Crippen LogP) is 2.95. The summed E-state index contributed by atoms with van der Waals surface area (Å²) in [6.07, 6.45) is 1.68. The van der Waals surface area contributed by atoms with Crippen molar-refractivity contribution in [2.75, 3.05) is 0 Å². The van der Waals surface area contributed by atoms with Crippen LogP contribution in [0.5, 0.6) is 0 Å². The summed E-state index contributed by atoms with van der Waals surface area (Å²) in [6, 6.07) is 6.21. The average molecular weight is 161 g/mol. The molecule has 0 saturated heterocycles. The third-order valence-corrected chi connectivity index (χ3v) is 2.05. The van der Waals surface area contributed by atoms with Gasteiger partial charge in [0.25, 0.3) is 0 Å². The molecule has 0 spiro atoms. The quantitative estimate of drug-likeness (QED) is 0.642. The van der Waals surface area contributed by atoms with Crippen LogP contribution >= 0.6 is 0 Å². The first-order valence-electron chi connectivity index (χ1n) is 4.11. The average Bonchev–Trinajstić information content (AvgIpc) is 2.49. The van der Waals surface area contributed by atoms with E-state index in [4.69, 9.17) is 4.52 Å². The molecule has 0 aliphatic carbocycles. The summed E-state index contributed by atoms with van der Waals surface area (Å²) >= 11 is 0. The van der Waals surface area contributed by atoms with Crippen LogP contribution in [-0.2, 0) is 0 Å². The van der Waals surface area contributed by atoms with Crippen LogP contribution in [0, 0.1) is 0 Å². The van der Waals surface area contributed by atoms with Crippen molar-refractivity contribution < 1.29 is 4.52 Å². The van der Waals surface area contributed by atoms with E-state index in [-0.39, 0.29) is 0 Å². The van der Waals surface area contributed by atoms with E-state index < -0.39 is 0 Å². The summed E-state index contributed by atoms with van der Waals surface area (Å²) in [7, 11) is 0. The molecule has 1 aromatic heterocycles. The highest BCUT2D eigenvalue weighted by atomic mass is 16.5. The maximum Gasteiger partial charge on any atom is 0.131 e. The highest BCUT2D eigenvalue weighted by Gasteiger charge is 2.02. The van der Waals surface area contributed by atoms with Crippen LogP contribution in [-0.4, -0.2) is 5.16 Å². The van der Waals surface area contributed by atoms with Crippen molar-refractivity contribution in [1.82, 2.24) is 5.16 Å². The molecule has 0 unspecified atom stereocenters. The van der Waals surface area contributed by atoms with Crippen molar-refractivity contribution in [3.63, 3.8) is 0 Å². The van der Waals surface area contributed by atoms with Crippen LogP contribution in [0.2, 0.25) is 0 Å². The van der Waals surface area contributed by atoms with Gasteiger partial charge in [0.05, 0.1) is 0 Å². The van der Waals surface area contributed by atoms with Crippen molar-refractivity contribution in [2.45, 2.75) is 19.8 Å². The van der Waals surface area contributed by atoms with E-state index in [1.165, 1.54) is 5.56 Å². The molecule has 0 atom stereocenters. The van der Waals surface area contributed by atoms with Gasteiger partial charge >= 0.3 is 0 Å². The molecule has 0 bridgehead atoms. The van der Waals surface area contributed by atoms with E-state index in [1.807, 2.05) is 6.07 Å². The Bertz CT molecular complexity index is 389. The van der Waals surface area contributed by atoms with Gasteiger partial charge in [-0.15, -0.1) is 0 Å². The van der Waals surface area contributed by atoms with E-state index >= 15 is 0 Å². The minimum atomic E-state index is 0.560. The molecule has 0 aliphatic rings. The fourth-order valence-corrected chi connectivity index (χ4v) is 1.25. The molecule has 0 amide bonds. The maximum absolute atomic E-state index is 4.85. The Morgan fingerprint density at radius 3 is 2.92 bits per heavy atom. The normalized spacial score (nSPS) is 11.2. The Labute approximate surface area is 71.2 Å². The summed E-state index contributed by atoms with van der Waals surface area (Å²) in [5, 5.41) is 4.93. The first-order valence-corrected chi connectivity index (χ1v) is 4.11. The van der Waals surface area contributed by atoms with Crippen LogP contribution < -0.4 is 0 Å². The fourth-order valence-electron chi connectivity index (χ4n) is 1.25. The highest BCUT2D eigenvalue weighted by molar-refractivity contribution is 5.77. The lowest BCUT2D eigenvalue weighted by atomic mass is 10.0. The van der Waals surface area contributed by atoms with Gasteiger partial charge in [0.15, 0.2) is 0 Å². The molecule has 0 saturated carbocycles. The second-order valence-electron chi connectivity index (χ2n) is 3.29. The topological polar surface area (TPSA) is 26.0 Å². The summed E-state index contributed by atoms with van der Waals surface area (Å²) in [5.41, 5.74) is 2.25. The van der Waals surface area contributed by atoms with Crippen molar-refractivity contribution in [3.8, 4) is 0 Å². The van der Waals surface area contributed by atoms with Crippen molar-refractivity contribution in [1.29, 1.82) is 0 Å². The van der Waals surface area contributed by atoms with Crippen molar-refractivity contribution >= 4 is 10.9 Å². The molecule has 2 rings (SSSR count). The van der Waals surface area contributed by atoms with Crippen LogP contribution in [0.15, 0.2) is 29.0 Å². The van der Waals surface area contributed by atoms with Crippen LogP contribution in [0.25, 0.3) is 10.9 Å². The van der Waals surface area contributed by atoms with Crippen LogP contribution in [0.3, 0.4) is 0 Å². The van der Waals surface area contributed by atoms with Crippen LogP contribution in [0.1, 0.15) is 25.3 Å². The van der Waals surface area contributed by atoms with E-state index in [1.54, 1.807) is 6.26 Å². The molecule has 62 valence electrons. The van der Waals surface area contributed by atoms with Gasteiger partial charge in [-0.05, 0) is 23.6 Å². The van der Waals surface area contributed by atoms with Gasteiger partial charge in [-0.1, -0.05) is 25.1 Å². The summed E-state index contributed by atoms with van der Waals surface area (Å²) in [5.74, 6) is 0.560. The Balaban J connectivity index is 2.60. The summed E-state index contributed by atoms with van der Waals surface area (Å²) in [4.78, 5) is 0. The third-order valence-electron chi connectivity index (χ3n) is 2.05. The van der Waals surface area contributed by atoms with E-state index in [0.717, 1.165) is 10.9 Å². The van der Waals surface area contributed by atoms with E-state index in [0.29, 0.717) is 5.92 Å². The predicted molar refractivity (Wildman–Crippen MR) is 48.1 cm³/mol. The smallest absolute Gasteiger partial charge is 0.131 e. The number of hydrogen-bond acceptors (Lipinski definition) is 2. The zero-order chi connectivity index (χ0) is 8.55. The third kappa shape index (κ3) is 1.09. The Hall–Kier alpha value is -1.31. The van der Waals surface area contributed by atoms with Gasteiger partial charge in [-0.3, -0.25) is 0 Å². The summed E-state index contributed by atoms with van der Waals surface area (Å²) < 4.78 is 4.85. The molecule has 1 heterocycles. The van der Waals surface area contributed by atoms with Gasteiger partial charge in [0, 0.05) is 5.39 Å². The lowest BCUT2D eigenvalue weighted by Gasteiger charge is -2.02. The minimum Gasteiger partial charge on any atom is -0.364 e. The largest absolute Gasteiger partial charge is 0.364 e. The number of fused-ring (bicyclic) bond motifs is 1.